The predicted octanol–water partition coefficient (Wildman–Crippen LogP) is 3.96. The Kier molecular flexibility index (Phi) is 6.87. The van der Waals surface area contributed by atoms with Gasteiger partial charge in [0.2, 0.25) is 0 Å². The van der Waals surface area contributed by atoms with Gasteiger partial charge in [0.15, 0.2) is 0 Å². The quantitative estimate of drug-likeness (QED) is 0.579. The van der Waals surface area contributed by atoms with Crippen LogP contribution in [-0.2, 0) is 11.2 Å². The molecule has 0 aliphatic heterocycles. The van der Waals surface area contributed by atoms with Gasteiger partial charge in [0.25, 0.3) is 0 Å². The van der Waals surface area contributed by atoms with E-state index in [9.17, 15) is 0 Å². The van der Waals surface area contributed by atoms with E-state index >= 15 is 0 Å². The predicted molar refractivity (Wildman–Crippen MR) is 83.2 cm³/mol. The molecule has 1 atom stereocenters. The summed E-state index contributed by atoms with van der Waals surface area (Å²) in [5, 5.41) is 4.55. The average Bonchev–Trinajstić information content (AvgIpc) is 2.39. The second-order valence-corrected chi connectivity index (χ2v) is 5.77. The molecule has 1 aromatic rings. The zero-order valence-electron chi connectivity index (χ0n) is 11.5. The number of rotatable bonds is 8. The lowest BCUT2D eigenvalue weighted by Gasteiger charge is -2.26. The summed E-state index contributed by atoms with van der Waals surface area (Å²) in [6.07, 6.45) is 2.85. The Labute approximate surface area is 125 Å². The van der Waals surface area contributed by atoms with Gasteiger partial charge < -0.3 is 10.1 Å². The van der Waals surface area contributed by atoms with Gasteiger partial charge in [-0.25, -0.2) is 0 Å². The van der Waals surface area contributed by atoms with E-state index in [0.29, 0.717) is 16.7 Å². The molecule has 2 nitrogen and oxygen atoms in total. The van der Waals surface area contributed by atoms with Crippen molar-refractivity contribution in [3.8, 4) is 0 Å². The Bertz CT molecular complexity index is 423. The maximum Gasteiger partial charge on any atom is 0.0595 e. The van der Waals surface area contributed by atoms with E-state index in [1.165, 1.54) is 0 Å². The van der Waals surface area contributed by atoms with Gasteiger partial charge in [-0.2, -0.15) is 0 Å². The summed E-state index contributed by atoms with van der Waals surface area (Å²) in [7, 11) is 1.70. The highest BCUT2D eigenvalue weighted by atomic mass is 35.5. The summed E-state index contributed by atoms with van der Waals surface area (Å²) in [6, 6.07) is 5.76. The molecular weight excluding hydrogens is 281 g/mol. The summed E-state index contributed by atoms with van der Waals surface area (Å²) in [5.74, 6) is 0. The average molecular weight is 302 g/mol. The van der Waals surface area contributed by atoms with Crippen LogP contribution in [0, 0.1) is 5.41 Å². The lowest BCUT2D eigenvalue weighted by atomic mass is 9.83. The zero-order chi connectivity index (χ0) is 14.3. The van der Waals surface area contributed by atoms with Crippen molar-refractivity contribution >= 4 is 23.2 Å². The highest BCUT2D eigenvalue weighted by molar-refractivity contribution is 6.42. The van der Waals surface area contributed by atoms with Crippen LogP contribution in [-0.4, -0.2) is 26.8 Å². The smallest absolute Gasteiger partial charge is 0.0595 e. The first kappa shape index (κ1) is 16.5. The molecule has 0 aliphatic carbocycles. The lowest BCUT2D eigenvalue weighted by molar-refractivity contribution is 0.196. The number of nitrogens with one attached hydrogen (secondary N) is 1. The number of methoxy groups -OCH3 is 1. The van der Waals surface area contributed by atoms with E-state index in [0.717, 1.165) is 25.1 Å². The topological polar surface area (TPSA) is 21.3 Å². The van der Waals surface area contributed by atoms with Gasteiger partial charge in [0, 0.05) is 25.6 Å². The van der Waals surface area contributed by atoms with E-state index in [-0.39, 0.29) is 5.41 Å². The SMILES string of the molecule is C=CC(C)(CNCCOC)Cc1ccc(Cl)c(Cl)c1. The molecule has 1 N–H and O–H groups in total. The molecule has 0 amide bonds. The minimum Gasteiger partial charge on any atom is -0.383 e. The largest absolute Gasteiger partial charge is 0.383 e. The molecular formula is C15H21Cl2NO. The molecule has 0 heterocycles. The van der Waals surface area contributed by atoms with Crippen molar-refractivity contribution < 1.29 is 4.74 Å². The normalized spacial score (nSPS) is 14.1. The van der Waals surface area contributed by atoms with Crippen molar-refractivity contribution in [2.24, 2.45) is 5.41 Å². The molecule has 1 rings (SSSR count). The molecule has 106 valence electrons. The second-order valence-electron chi connectivity index (χ2n) is 4.95. The highest BCUT2D eigenvalue weighted by Crippen LogP contribution is 2.28. The third kappa shape index (κ3) is 5.53. The Morgan fingerprint density at radius 3 is 2.68 bits per heavy atom. The highest BCUT2D eigenvalue weighted by Gasteiger charge is 2.20. The van der Waals surface area contributed by atoms with Gasteiger partial charge in [-0.1, -0.05) is 42.3 Å². The first-order valence-corrected chi connectivity index (χ1v) is 7.03. The van der Waals surface area contributed by atoms with Crippen LogP contribution in [0.1, 0.15) is 12.5 Å². The molecule has 0 saturated carbocycles. The van der Waals surface area contributed by atoms with Crippen LogP contribution < -0.4 is 5.32 Å². The number of hydrogen-bond donors (Lipinski definition) is 1. The van der Waals surface area contributed by atoms with Gasteiger partial charge >= 0.3 is 0 Å². The number of hydrogen-bond acceptors (Lipinski definition) is 2. The van der Waals surface area contributed by atoms with Crippen LogP contribution in [0.25, 0.3) is 0 Å². The van der Waals surface area contributed by atoms with Crippen molar-refractivity contribution in [2.75, 3.05) is 26.8 Å². The monoisotopic (exact) mass is 301 g/mol. The lowest BCUT2D eigenvalue weighted by Crippen LogP contribution is -2.33. The molecule has 0 aliphatic rings. The van der Waals surface area contributed by atoms with Gasteiger partial charge in [-0.05, 0) is 24.1 Å². The molecule has 0 fully saturated rings. The van der Waals surface area contributed by atoms with Gasteiger partial charge in [-0.15, -0.1) is 6.58 Å². The minimum absolute atomic E-state index is 0.0229. The maximum absolute atomic E-state index is 6.04. The summed E-state index contributed by atoms with van der Waals surface area (Å²) < 4.78 is 5.02. The van der Waals surface area contributed by atoms with Gasteiger partial charge in [0.05, 0.1) is 16.7 Å². The molecule has 0 radical (unpaired) electrons. The third-order valence-corrected chi connectivity index (χ3v) is 3.84. The van der Waals surface area contributed by atoms with Crippen molar-refractivity contribution in [3.63, 3.8) is 0 Å². The summed E-state index contributed by atoms with van der Waals surface area (Å²) in [4.78, 5) is 0. The van der Waals surface area contributed by atoms with Crippen molar-refractivity contribution in [1.29, 1.82) is 0 Å². The van der Waals surface area contributed by atoms with E-state index < -0.39 is 0 Å². The number of ether oxygens (including phenoxy) is 1. The van der Waals surface area contributed by atoms with Crippen molar-refractivity contribution in [2.45, 2.75) is 13.3 Å². The fourth-order valence-corrected chi connectivity index (χ4v) is 2.19. The fraction of sp³-hybridized carbons (Fsp3) is 0.467. The Hall–Kier alpha value is -0.540. The van der Waals surface area contributed by atoms with Crippen LogP contribution in [0.2, 0.25) is 10.0 Å². The number of halogens is 2. The van der Waals surface area contributed by atoms with Crippen LogP contribution in [0.4, 0.5) is 0 Å². The van der Waals surface area contributed by atoms with Crippen LogP contribution >= 0.6 is 23.2 Å². The van der Waals surface area contributed by atoms with E-state index in [1.54, 1.807) is 7.11 Å². The summed E-state index contributed by atoms with van der Waals surface area (Å²) in [5.41, 5.74) is 1.13. The third-order valence-electron chi connectivity index (χ3n) is 3.10. The standard InChI is InChI=1S/C15H21Cl2NO/c1-4-15(2,11-18-7-8-19-3)10-12-5-6-13(16)14(17)9-12/h4-6,9,18H,1,7-8,10-11H2,2-3H3. The molecule has 0 bridgehead atoms. The maximum atomic E-state index is 6.04. The first-order chi connectivity index (χ1) is 9.00. The van der Waals surface area contributed by atoms with E-state index in [4.69, 9.17) is 27.9 Å². The van der Waals surface area contributed by atoms with Crippen LogP contribution in [0.3, 0.4) is 0 Å². The minimum atomic E-state index is -0.0229. The molecule has 0 aromatic heterocycles. The molecule has 1 aromatic carbocycles. The first-order valence-electron chi connectivity index (χ1n) is 6.28. The Morgan fingerprint density at radius 2 is 2.11 bits per heavy atom. The van der Waals surface area contributed by atoms with Crippen LogP contribution in [0.15, 0.2) is 30.9 Å². The second kappa shape index (κ2) is 7.91. The van der Waals surface area contributed by atoms with Crippen molar-refractivity contribution in [3.05, 3.63) is 46.5 Å². The van der Waals surface area contributed by atoms with Crippen LogP contribution in [0.5, 0.6) is 0 Å². The summed E-state index contributed by atoms with van der Waals surface area (Å²) in [6.45, 7) is 8.50. The van der Waals surface area contributed by atoms with Gasteiger partial charge in [-0.3, -0.25) is 0 Å². The fourth-order valence-electron chi connectivity index (χ4n) is 1.87. The Morgan fingerprint density at radius 1 is 1.37 bits per heavy atom. The molecule has 0 spiro atoms. The van der Waals surface area contributed by atoms with Crippen molar-refractivity contribution in [1.82, 2.24) is 5.32 Å². The van der Waals surface area contributed by atoms with Gasteiger partial charge in [0.1, 0.15) is 0 Å². The molecule has 0 saturated heterocycles. The van der Waals surface area contributed by atoms with E-state index in [1.807, 2.05) is 24.3 Å². The molecule has 1 unspecified atom stereocenters. The Balaban J connectivity index is 2.63. The molecule has 19 heavy (non-hydrogen) atoms. The molecule has 4 heteroatoms. The number of benzene rings is 1. The van der Waals surface area contributed by atoms with E-state index in [2.05, 4.69) is 18.8 Å². The summed E-state index contributed by atoms with van der Waals surface area (Å²) >= 11 is 12.0. The zero-order valence-corrected chi connectivity index (χ0v) is 13.0.